The van der Waals surface area contributed by atoms with Gasteiger partial charge in [-0.05, 0) is 50.6 Å². The number of hydrogen-bond donors (Lipinski definition) is 0. The summed E-state index contributed by atoms with van der Waals surface area (Å²) >= 11 is 0. The molecule has 0 amide bonds. The van der Waals surface area contributed by atoms with Crippen LogP contribution < -0.4 is 0 Å². The van der Waals surface area contributed by atoms with Gasteiger partial charge >= 0.3 is 0 Å². The molecule has 21 heavy (non-hydrogen) atoms. The third kappa shape index (κ3) is 2.16. The Kier molecular flexibility index (Phi) is 3.14. The maximum absolute atomic E-state index is 12.9. The number of nitrogens with zero attached hydrogens (tertiary/aromatic N) is 1. The van der Waals surface area contributed by atoms with E-state index in [9.17, 15) is 8.42 Å². The van der Waals surface area contributed by atoms with Gasteiger partial charge in [0.2, 0.25) is 0 Å². The fourth-order valence-corrected chi connectivity index (χ4v) is 4.16. The SMILES string of the molecule is Cc1ccc(S(=O)(=O)n2c(C)cc3c(C)cccc32)cc1. The molecule has 0 aliphatic rings. The van der Waals surface area contributed by atoms with Crippen molar-refractivity contribution >= 4 is 20.9 Å². The Morgan fingerprint density at radius 2 is 1.57 bits per heavy atom. The standard InChI is InChI=1S/C17H17NO2S/c1-12-7-9-15(10-8-12)21(19,20)18-14(3)11-16-13(2)5-4-6-17(16)18/h4-11H,1-3H3. The van der Waals surface area contributed by atoms with Crippen LogP contribution in [0.3, 0.4) is 0 Å². The molecule has 0 aliphatic carbocycles. The monoisotopic (exact) mass is 299 g/mol. The Labute approximate surface area is 124 Å². The molecule has 3 aromatic rings. The van der Waals surface area contributed by atoms with Crippen molar-refractivity contribution < 1.29 is 8.42 Å². The van der Waals surface area contributed by atoms with E-state index in [2.05, 4.69) is 0 Å². The summed E-state index contributed by atoms with van der Waals surface area (Å²) in [6, 6.07) is 14.6. The highest BCUT2D eigenvalue weighted by atomic mass is 32.2. The molecule has 0 N–H and O–H groups in total. The minimum Gasteiger partial charge on any atom is -0.238 e. The lowest BCUT2D eigenvalue weighted by molar-refractivity contribution is 0.588. The topological polar surface area (TPSA) is 39.1 Å². The van der Waals surface area contributed by atoms with E-state index in [1.165, 1.54) is 3.97 Å². The second kappa shape index (κ2) is 4.74. The summed E-state index contributed by atoms with van der Waals surface area (Å²) in [5.41, 5.74) is 3.57. The molecule has 0 aliphatic heterocycles. The molecule has 3 nitrogen and oxygen atoms in total. The van der Waals surface area contributed by atoms with E-state index in [0.29, 0.717) is 4.90 Å². The van der Waals surface area contributed by atoms with Gasteiger partial charge in [0.05, 0.1) is 10.4 Å². The zero-order chi connectivity index (χ0) is 15.2. The van der Waals surface area contributed by atoms with Gasteiger partial charge in [0.15, 0.2) is 0 Å². The minimum atomic E-state index is -3.57. The Morgan fingerprint density at radius 1 is 0.905 bits per heavy atom. The molecule has 0 fully saturated rings. The highest BCUT2D eigenvalue weighted by Gasteiger charge is 2.21. The van der Waals surface area contributed by atoms with Crippen LogP contribution in [0.2, 0.25) is 0 Å². The lowest BCUT2D eigenvalue weighted by Gasteiger charge is -2.10. The quantitative estimate of drug-likeness (QED) is 0.722. The van der Waals surface area contributed by atoms with Gasteiger partial charge < -0.3 is 0 Å². The maximum atomic E-state index is 12.9. The Hall–Kier alpha value is -2.07. The van der Waals surface area contributed by atoms with Crippen LogP contribution in [0, 0.1) is 20.8 Å². The van der Waals surface area contributed by atoms with Gasteiger partial charge in [-0.1, -0.05) is 29.8 Å². The van der Waals surface area contributed by atoms with Crippen molar-refractivity contribution in [3.05, 3.63) is 65.4 Å². The largest absolute Gasteiger partial charge is 0.268 e. The molecule has 0 unspecified atom stereocenters. The summed E-state index contributed by atoms with van der Waals surface area (Å²) in [6.07, 6.45) is 0. The first-order chi connectivity index (χ1) is 9.91. The van der Waals surface area contributed by atoms with Gasteiger partial charge in [-0.3, -0.25) is 0 Å². The second-order valence-electron chi connectivity index (χ2n) is 5.38. The van der Waals surface area contributed by atoms with Crippen LogP contribution in [-0.4, -0.2) is 12.4 Å². The summed E-state index contributed by atoms with van der Waals surface area (Å²) in [5, 5.41) is 0.977. The normalized spacial score (nSPS) is 12.0. The first kappa shape index (κ1) is 13.9. The summed E-state index contributed by atoms with van der Waals surface area (Å²) in [7, 11) is -3.57. The number of benzene rings is 2. The van der Waals surface area contributed by atoms with Crippen molar-refractivity contribution in [2.24, 2.45) is 0 Å². The summed E-state index contributed by atoms with van der Waals surface area (Å²) in [6.45, 7) is 5.76. The number of hydrogen-bond acceptors (Lipinski definition) is 2. The Morgan fingerprint density at radius 3 is 2.24 bits per heavy atom. The lowest BCUT2D eigenvalue weighted by atomic mass is 10.1. The van der Waals surface area contributed by atoms with Crippen LogP contribution in [0.25, 0.3) is 10.9 Å². The molecule has 0 radical (unpaired) electrons. The smallest absolute Gasteiger partial charge is 0.238 e. The zero-order valence-electron chi connectivity index (χ0n) is 12.3. The van der Waals surface area contributed by atoms with Gasteiger partial charge in [0, 0.05) is 11.1 Å². The number of rotatable bonds is 2. The highest BCUT2D eigenvalue weighted by Crippen LogP contribution is 2.27. The molecular formula is C17H17NO2S. The molecule has 0 spiro atoms. The molecule has 0 saturated heterocycles. The third-order valence-corrected chi connectivity index (χ3v) is 5.59. The van der Waals surface area contributed by atoms with Crippen molar-refractivity contribution in [2.45, 2.75) is 25.7 Å². The Bertz CT molecular complexity index is 919. The average molecular weight is 299 g/mol. The fourth-order valence-electron chi connectivity index (χ4n) is 2.62. The lowest BCUT2D eigenvalue weighted by Crippen LogP contribution is -2.14. The van der Waals surface area contributed by atoms with Crippen LogP contribution >= 0.6 is 0 Å². The first-order valence-corrected chi connectivity index (χ1v) is 8.25. The predicted molar refractivity (Wildman–Crippen MR) is 85.2 cm³/mol. The first-order valence-electron chi connectivity index (χ1n) is 6.81. The number of aromatic nitrogens is 1. The van der Waals surface area contributed by atoms with Crippen LogP contribution in [0.1, 0.15) is 16.8 Å². The molecule has 1 aromatic heterocycles. The van der Waals surface area contributed by atoms with Crippen molar-refractivity contribution in [3.8, 4) is 0 Å². The summed E-state index contributed by atoms with van der Waals surface area (Å²) < 4.78 is 27.3. The van der Waals surface area contributed by atoms with E-state index in [1.54, 1.807) is 12.1 Å². The van der Waals surface area contributed by atoms with E-state index >= 15 is 0 Å². The third-order valence-electron chi connectivity index (χ3n) is 3.75. The van der Waals surface area contributed by atoms with Crippen molar-refractivity contribution in [3.63, 3.8) is 0 Å². The van der Waals surface area contributed by atoms with Crippen LogP contribution in [-0.2, 0) is 10.0 Å². The van der Waals surface area contributed by atoms with E-state index < -0.39 is 10.0 Å². The summed E-state index contributed by atoms with van der Waals surface area (Å²) in [4.78, 5) is 0.315. The molecular weight excluding hydrogens is 282 g/mol. The van der Waals surface area contributed by atoms with Gasteiger partial charge in [0.1, 0.15) is 0 Å². The van der Waals surface area contributed by atoms with E-state index in [1.807, 2.05) is 57.2 Å². The predicted octanol–water partition coefficient (Wildman–Crippen LogP) is 3.80. The fraction of sp³-hybridized carbons (Fsp3) is 0.176. The minimum absolute atomic E-state index is 0.315. The molecule has 0 saturated carbocycles. The van der Waals surface area contributed by atoms with E-state index in [0.717, 1.165) is 27.7 Å². The van der Waals surface area contributed by atoms with Gasteiger partial charge in [-0.2, -0.15) is 0 Å². The van der Waals surface area contributed by atoms with Crippen LogP contribution in [0.15, 0.2) is 53.4 Å². The molecule has 0 bridgehead atoms. The maximum Gasteiger partial charge on any atom is 0.268 e. The number of fused-ring (bicyclic) bond motifs is 1. The molecule has 108 valence electrons. The van der Waals surface area contributed by atoms with E-state index in [-0.39, 0.29) is 0 Å². The molecule has 4 heteroatoms. The number of aryl methyl sites for hydroxylation is 3. The molecule has 1 heterocycles. The summed E-state index contributed by atoms with van der Waals surface area (Å²) in [5.74, 6) is 0. The van der Waals surface area contributed by atoms with Crippen LogP contribution in [0.4, 0.5) is 0 Å². The van der Waals surface area contributed by atoms with Gasteiger partial charge in [-0.25, -0.2) is 12.4 Å². The molecule has 0 atom stereocenters. The Balaban J connectivity index is 2.31. The van der Waals surface area contributed by atoms with Crippen LogP contribution in [0.5, 0.6) is 0 Å². The average Bonchev–Trinajstić information content (AvgIpc) is 2.77. The van der Waals surface area contributed by atoms with Crippen molar-refractivity contribution in [1.82, 2.24) is 3.97 Å². The van der Waals surface area contributed by atoms with Gasteiger partial charge in [0.25, 0.3) is 10.0 Å². The zero-order valence-corrected chi connectivity index (χ0v) is 13.1. The molecule has 2 aromatic carbocycles. The van der Waals surface area contributed by atoms with Crippen molar-refractivity contribution in [1.29, 1.82) is 0 Å². The molecule has 3 rings (SSSR count). The second-order valence-corrected chi connectivity index (χ2v) is 7.16. The highest BCUT2D eigenvalue weighted by molar-refractivity contribution is 7.90. The van der Waals surface area contributed by atoms with E-state index in [4.69, 9.17) is 0 Å². The van der Waals surface area contributed by atoms with Gasteiger partial charge in [-0.15, -0.1) is 0 Å². The van der Waals surface area contributed by atoms with Crippen molar-refractivity contribution in [2.75, 3.05) is 0 Å².